The number of rotatable bonds is 8. The Morgan fingerprint density at radius 2 is 1.84 bits per heavy atom. The number of ether oxygens (including phenoxy) is 2. The number of benzene rings is 2. The zero-order valence-electron chi connectivity index (χ0n) is 18.8. The Kier molecular flexibility index (Phi) is 9.93. The number of aliphatic imine (C=N–C) groups is 1. The van der Waals surface area contributed by atoms with Crippen molar-refractivity contribution in [2.24, 2.45) is 4.99 Å². The topological polar surface area (TPSA) is 47.9 Å². The van der Waals surface area contributed by atoms with Crippen molar-refractivity contribution in [2.45, 2.75) is 33.1 Å². The average Bonchev–Trinajstić information content (AvgIpc) is 2.80. The Bertz CT molecular complexity index is 980. The van der Waals surface area contributed by atoms with Crippen LogP contribution >= 0.6 is 11.8 Å². The summed E-state index contributed by atoms with van der Waals surface area (Å²) < 4.78 is 10.8. The molecule has 0 bridgehead atoms. The van der Waals surface area contributed by atoms with Crippen LogP contribution < -0.4 is 4.74 Å². The van der Waals surface area contributed by atoms with Crippen molar-refractivity contribution in [3.8, 4) is 17.6 Å². The summed E-state index contributed by atoms with van der Waals surface area (Å²) in [7, 11) is 3.19. The molecule has 0 radical (unpaired) electrons. The van der Waals surface area contributed by atoms with Crippen LogP contribution in [-0.4, -0.2) is 31.8 Å². The maximum Gasteiger partial charge on any atom is 0.307 e. The summed E-state index contributed by atoms with van der Waals surface area (Å²) in [4.78, 5) is 17.2. The second-order valence-corrected chi connectivity index (χ2v) is 7.95. The molecule has 31 heavy (non-hydrogen) atoms. The Morgan fingerprint density at radius 3 is 2.39 bits per heavy atom. The lowest BCUT2D eigenvalue weighted by Gasteiger charge is -2.13. The summed E-state index contributed by atoms with van der Waals surface area (Å²) in [5.41, 5.74) is 3.28. The van der Waals surface area contributed by atoms with E-state index in [1.807, 2.05) is 37.3 Å². The summed E-state index contributed by atoms with van der Waals surface area (Å²) in [6.07, 6.45) is 2.27. The van der Waals surface area contributed by atoms with Crippen LogP contribution in [0.3, 0.4) is 0 Å². The quantitative estimate of drug-likeness (QED) is 0.229. The third-order valence-electron chi connectivity index (χ3n) is 4.63. The Morgan fingerprint density at radius 1 is 1.16 bits per heavy atom. The van der Waals surface area contributed by atoms with Gasteiger partial charge in [0.25, 0.3) is 0 Å². The number of hydrogen-bond acceptors (Lipinski definition) is 5. The number of methoxy groups -OCH3 is 1. The molecule has 1 atom stereocenters. The molecule has 2 aromatic carbocycles. The minimum Gasteiger partial charge on any atom is -0.488 e. The highest BCUT2D eigenvalue weighted by Gasteiger charge is 2.14. The lowest BCUT2D eigenvalue weighted by atomic mass is 9.96. The second-order valence-electron chi connectivity index (χ2n) is 6.84. The normalized spacial score (nSPS) is 12.5. The molecular formula is C26H29NO3S. The van der Waals surface area contributed by atoms with Gasteiger partial charge in [-0.1, -0.05) is 65.7 Å². The zero-order valence-corrected chi connectivity index (χ0v) is 19.6. The molecule has 0 amide bonds. The number of esters is 1. The molecule has 2 aromatic rings. The van der Waals surface area contributed by atoms with Gasteiger partial charge in [-0.3, -0.25) is 9.79 Å². The number of nitrogens with zero attached hydrogens (tertiary/aromatic N) is 1. The van der Waals surface area contributed by atoms with Gasteiger partial charge in [0.15, 0.2) is 0 Å². The van der Waals surface area contributed by atoms with Gasteiger partial charge in [0.1, 0.15) is 17.4 Å². The highest BCUT2D eigenvalue weighted by Crippen LogP contribution is 2.26. The SMILES string of the molecule is CC#CC(CC(=O)OC)c1ccc(OC/C(=C\C)SC(=NC)c2ccc(C)cc2)cc1. The van der Waals surface area contributed by atoms with Crippen LogP contribution in [0.1, 0.15) is 42.9 Å². The lowest BCUT2D eigenvalue weighted by molar-refractivity contribution is -0.140. The van der Waals surface area contributed by atoms with E-state index in [1.165, 1.54) is 12.7 Å². The molecule has 0 aromatic heterocycles. The molecule has 0 N–H and O–H groups in total. The molecule has 5 heteroatoms. The fourth-order valence-corrected chi connectivity index (χ4v) is 3.68. The number of carbonyl (C=O) groups excluding carboxylic acids is 1. The maximum atomic E-state index is 11.6. The van der Waals surface area contributed by atoms with E-state index in [-0.39, 0.29) is 18.3 Å². The standard InChI is InChI=1S/C26H29NO3S/c1-6-8-22(17-25(28)29-5)20-13-15-23(16-14-20)30-18-24(7-2)31-26(27-4)21-11-9-19(3)10-12-21/h7,9-16,22H,17-18H2,1-5H3/b24-7+,27-26?. The number of thioether (sulfide) groups is 1. The van der Waals surface area contributed by atoms with E-state index >= 15 is 0 Å². The van der Waals surface area contributed by atoms with E-state index < -0.39 is 0 Å². The smallest absolute Gasteiger partial charge is 0.307 e. The average molecular weight is 436 g/mol. The van der Waals surface area contributed by atoms with Crippen molar-refractivity contribution in [3.63, 3.8) is 0 Å². The zero-order chi connectivity index (χ0) is 22.6. The molecule has 162 valence electrons. The summed E-state index contributed by atoms with van der Waals surface area (Å²) in [5.74, 6) is 6.26. The lowest BCUT2D eigenvalue weighted by Crippen LogP contribution is -2.07. The summed E-state index contributed by atoms with van der Waals surface area (Å²) in [5, 5.41) is 0.954. The fourth-order valence-electron chi connectivity index (χ4n) is 2.85. The van der Waals surface area contributed by atoms with Gasteiger partial charge in [-0.2, -0.15) is 0 Å². The molecule has 0 aliphatic carbocycles. The highest BCUT2D eigenvalue weighted by atomic mass is 32.2. The first-order chi connectivity index (χ1) is 15.0. The third kappa shape index (κ3) is 7.66. The summed E-state index contributed by atoms with van der Waals surface area (Å²) >= 11 is 1.61. The largest absolute Gasteiger partial charge is 0.488 e. The van der Waals surface area contributed by atoms with Gasteiger partial charge in [-0.15, -0.1) is 5.92 Å². The van der Waals surface area contributed by atoms with Crippen LogP contribution in [0.4, 0.5) is 0 Å². The van der Waals surface area contributed by atoms with Gasteiger partial charge in [-0.05, 0) is 38.5 Å². The number of aryl methyl sites for hydroxylation is 1. The molecular weight excluding hydrogens is 406 g/mol. The molecule has 0 saturated carbocycles. The molecule has 4 nitrogen and oxygen atoms in total. The van der Waals surface area contributed by atoms with Gasteiger partial charge in [0.2, 0.25) is 0 Å². The predicted octanol–water partition coefficient (Wildman–Crippen LogP) is 5.76. The molecule has 0 aliphatic rings. The van der Waals surface area contributed by atoms with Crippen LogP contribution in [0.25, 0.3) is 0 Å². The van der Waals surface area contributed by atoms with Crippen LogP contribution in [0.5, 0.6) is 5.75 Å². The van der Waals surface area contributed by atoms with E-state index in [9.17, 15) is 4.79 Å². The molecule has 2 rings (SSSR count). The molecule has 0 fully saturated rings. The van der Waals surface area contributed by atoms with E-state index in [1.54, 1.807) is 25.7 Å². The van der Waals surface area contributed by atoms with Crippen molar-refractivity contribution in [1.29, 1.82) is 0 Å². The van der Waals surface area contributed by atoms with Crippen molar-refractivity contribution >= 4 is 22.8 Å². The second kappa shape index (κ2) is 12.7. The first-order valence-corrected chi connectivity index (χ1v) is 10.9. The molecule has 0 aliphatic heterocycles. The van der Waals surface area contributed by atoms with Crippen molar-refractivity contribution in [1.82, 2.24) is 0 Å². The van der Waals surface area contributed by atoms with E-state index in [0.29, 0.717) is 6.61 Å². The molecule has 0 heterocycles. The van der Waals surface area contributed by atoms with Crippen molar-refractivity contribution in [3.05, 3.63) is 76.2 Å². The van der Waals surface area contributed by atoms with Crippen molar-refractivity contribution in [2.75, 3.05) is 20.8 Å². The molecule has 0 saturated heterocycles. The van der Waals surface area contributed by atoms with Crippen molar-refractivity contribution < 1.29 is 14.3 Å². The monoisotopic (exact) mass is 435 g/mol. The number of hydrogen-bond donors (Lipinski definition) is 0. The predicted molar refractivity (Wildman–Crippen MR) is 130 cm³/mol. The number of carbonyl (C=O) groups is 1. The van der Waals surface area contributed by atoms with Crippen LogP contribution in [0.2, 0.25) is 0 Å². The van der Waals surface area contributed by atoms with Crippen LogP contribution in [0.15, 0.2) is 64.5 Å². The minimum atomic E-state index is -0.273. The Hall–Kier alpha value is -2.97. The number of allylic oxidation sites excluding steroid dienone is 1. The fraction of sp³-hybridized carbons (Fsp3) is 0.308. The van der Waals surface area contributed by atoms with Crippen LogP contribution in [0, 0.1) is 18.8 Å². The van der Waals surface area contributed by atoms with E-state index in [0.717, 1.165) is 26.8 Å². The Balaban J connectivity index is 2.01. The maximum absolute atomic E-state index is 11.6. The van der Waals surface area contributed by atoms with E-state index in [4.69, 9.17) is 9.47 Å². The van der Waals surface area contributed by atoms with Gasteiger partial charge >= 0.3 is 5.97 Å². The summed E-state index contributed by atoms with van der Waals surface area (Å²) in [6.45, 7) is 6.29. The van der Waals surface area contributed by atoms with E-state index in [2.05, 4.69) is 48.0 Å². The minimum absolute atomic E-state index is 0.189. The first-order valence-electron chi connectivity index (χ1n) is 10.1. The Labute approximate surface area is 189 Å². The van der Waals surface area contributed by atoms with Gasteiger partial charge < -0.3 is 9.47 Å². The molecule has 1 unspecified atom stereocenters. The van der Waals surface area contributed by atoms with Gasteiger partial charge in [0.05, 0.1) is 19.4 Å². The first kappa shape index (κ1) is 24.3. The molecule has 0 spiro atoms. The van der Waals surface area contributed by atoms with Gasteiger partial charge in [0, 0.05) is 17.5 Å². The summed E-state index contributed by atoms with van der Waals surface area (Å²) in [6, 6.07) is 16.0. The third-order valence-corrected chi connectivity index (χ3v) is 5.86. The highest BCUT2D eigenvalue weighted by molar-refractivity contribution is 8.17. The van der Waals surface area contributed by atoms with Crippen LogP contribution in [-0.2, 0) is 9.53 Å². The van der Waals surface area contributed by atoms with Gasteiger partial charge in [-0.25, -0.2) is 0 Å².